The van der Waals surface area contributed by atoms with Crippen LogP contribution < -0.4 is 0 Å². The predicted octanol–water partition coefficient (Wildman–Crippen LogP) is 9.60. The van der Waals surface area contributed by atoms with E-state index in [9.17, 15) is 0 Å². The van der Waals surface area contributed by atoms with E-state index < -0.39 is 0 Å². The summed E-state index contributed by atoms with van der Waals surface area (Å²) in [6.07, 6.45) is 17.9. The molecule has 0 saturated carbocycles. The van der Waals surface area contributed by atoms with Crippen molar-refractivity contribution in [2.45, 2.75) is 130 Å². The minimum atomic E-state index is 0.127. The third-order valence-electron chi connectivity index (χ3n) is 6.08. The van der Waals surface area contributed by atoms with Gasteiger partial charge in [-0.2, -0.15) is 11.8 Å². The fourth-order valence-electron chi connectivity index (χ4n) is 3.64. The van der Waals surface area contributed by atoms with Gasteiger partial charge in [0, 0.05) is 5.25 Å². The van der Waals surface area contributed by atoms with E-state index in [4.69, 9.17) is 6.11 Å². The highest BCUT2D eigenvalue weighted by Gasteiger charge is 2.46. The second-order valence-electron chi connectivity index (χ2n) is 10.2. The van der Waals surface area contributed by atoms with Gasteiger partial charge in [-0.3, -0.25) is 0 Å². The summed E-state index contributed by atoms with van der Waals surface area (Å²) < 4.78 is 13.6. The van der Waals surface area contributed by atoms with Crippen LogP contribution in [0.1, 0.15) is 115 Å². The van der Waals surface area contributed by atoms with Crippen LogP contribution in [0.3, 0.4) is 0 Å². The molecule has 31 heavy (non-hydrogen) atoms. The quantitative estimate of drug-likeness (QED) is 0.132. The molecule has 1 fully saturated rings. The maximum absolute atomic E-state index is 7.94. The zero-order valence-corrected chi connectivity index (χ0v) is 22.6. The summed E-state index contributed by atoms with van der Waals surface area (Å²) in [5.41, 5.74) is 5.82. The number of ether oxygens (including phenoxy) is 1. The van der Waals surface area contributed by atoms with Crippen molar-refractivity contribution in [3.63, 3.8) is 0 Å². The van der Waals surface area contributed by atoms with Gasteiger partial charge >= 0.3 is 0 Å². The molecule has 1 rings (SSSR count). The SMILES string of the molecule is [3H]C(CCC(C)SCC/C(C)=C/CC/C=C(\C)CC/C=C(\C)CCC1OC1(C)C)=C(C)C. The molecule has 0 spiro atoms. The van der Waals surface area contributed by atoms with E-state index in [0.29, 0.717) is 11.4 Å². The molecule has 0 amide bonds. The van der Waals surface area contributed by atoms with Gasteiger partial charge < -0.3 is 4.74 Å². The molecule has 0 radical (unpaired) electrons. The van der Waals surface area contributed by atoms with Crippen LogP contribution in [-0.2, 0) is 4.74 Å². The predicted molar refractivity (Wildman–Crippen MR) is 143 cm³/mol. The van der Waals surface area contributed by atoms with E-state index in [1.807, 2.05) is 13.8 Å². The van der Waals surface area contributed by atoms with Crippen LogP contribution in [0.25, 0.3) is 0 Å². The Hall–Kier alpha value is -0.730. The van der Waals surface area contributed by atoms with E-state index in [0.717, 1.165) is 50.2 Å². The first-order valence-corrected chi connectivity index (χ1v) is 13.5. The van der Waals surface area contributed by atoms with Crippen LogP contribution in [0.4, 0.5) is 0 Å². The maximum atomic E-state index is 7.94. The Labute approximate surface area is 200 Å². The van der Waals surface area contributed by atoms with E-state index in [2.05, 4.69) is 71.5 Å². The second-order valence-corrected chi connectivity index (χ2v) is 11.7. The highest BCUT2D eigenvalue weighted by molar-refractivity contribution is 7.99. The van der Waals surface area contributed by atoms with Crippen LogP contribution in [0.15, 0.2) is 46.6 Å². The molecule has 0 aliphatic carbocycles. The summed E-state index contributed by atoms with van der Waals surface area (Å²) in [7, 11) is 0. The van der Waals surface area contributed by atoms with Gasteiger partial charge in [0.1, 0.15) is 0 Å². The van der Waals surface area contributed by atoms with Crippen LogP contribution in [0.2, 0.25) is 0 Å². The van der Waals surface area contributed by atoms with Gasteiger partial charge in [0.15, 0.2) is 0 Å². The van der Waals surface area contributed by atoms with Crippen molar-refractivity contribution in [1.82, 2.24) is 0 Å². The summed E-state index contributed by atoms with van der Waals surface area (Å²) in [4.78, 5) is 0. The van der Waals surface area contributed by atoms with Gasteiger partial charge in [-0.05, 0) is 112 Å². The second kappa shape index (κ2) is 15.2. The van der Waals surface area contributed by atoms with E-state index in [-0.39, 0.29) is 5.60 Å². The van der Waals surface area contributed by atoms with Gasteiger partial charge in [0.05, 0.1) is 13.1 Å². The molecule has 0 aromatic rings. The van der Waals surface area contributed by atoms with Crippen molar-refractivity contribution in [2.75, 3.05) is 5.75 Å². The Morgan fingerprint density at radius 2 is 1.45 bits per heavy atom. The molecular formula is C29H50OS. The van der Waals surface area contributed by atoms with Crippen LogP contribution in [0.5, 0.6) is 0 Å². The Bertz CT molecular complexity index is 679. The highest BCUT2D eigenvalue weighted by atomic mass is 32.2. The first-order valence-electron chi connectivity index (χ1n) is 12.9. The Morgan fingerprint density at radius 1 is 0.903 bits per heavy atom. The first-order chi connectivity index (χ1) is 15.0. The molecule has 1 heterocycles. The van der Waals surface area contributed by atoms with Gasteiger partial charge in [-0.1, -0.05) is 53.5 Å². The lowest BCUT2D eigenvalue weighted by Gasteiger charge is -2.10. The first kappa shape index (κ1) is 26.5. The zero-order valence-electron chi connectivity index (χ0n) is 22.8. The van der Waals surface area contributed by atoms with E-state index in [1.54, 1.807) is 0 Å². The average molecular weight is 449 g/mol. The molecule has 0 N–H and O–H groups in total. The molecular weight excluding hydrogens is 396 g/mol. The number of hydrogen-bond acceptors (Lipinski definition) is 2. The number of allylic oxidation sites excluding steroid dienone is 8. The lowest BCUT2D eigenvalue weighted by atomic mass is 10.0. The monoisotopic (exact) mass is 448 g/mol. The summed E-state index contributed by atoms with van der Waals surface area (Å²) in [5, 5.41) is 0.639. The summed E-state index contributed by atoms with van der Waals surface area (Å²) in [6, 6.07) is 0.816. The summed E-state index contributed by atoms with van der Waals surface area (Å²) in [6.45, 7) is 17.6. The molecule has 1 nitrogen and oxygen atoms in total. The van der Waals surface area contributed by atoms with Gasteiger partial charge in [-0.25, -0.2) is 0 Å². The van der Waals surface area contributed by atoms with Crippen molar-refractivity contribution in [1.29, 1.82) is 0 Å². The highest BCUT2D eigenvalue weighted by Crippen LogP contribution is 2.38. The topological polar surface area (TPSA) is 12.5 Å². The largest absolute Gasteiger partial charge is 0.367 e. The lowest BCUT2D eigenvalue weighted by molar-refractivity contribution is 0.320. The van der Waals surface area contributed by atoms with E-state index in [1.165, 1.54) is 41.7 Å². The number of hydrogen-bond donors (Lipinski definition) is 0. The zero-order chi connectivity index (χ0) is 24.1. The fraction of sp³-hybridized carbons (Fsp3) is 0.724. The fourth-order valence-corrected chi connectivity index (χ4v) is 4.77. The molecule has 1 aliphatic heterocycles. The Kier molecular flexibility index (Phi) is 13.0. The molecule has 2 heteroatoms. The maximum Gasteiger partial charge on any atom is 0.0892 e. The van der Waals surface area contributed by atoms with Crippen molar-refractivity contribution < 1.29 is 6.11 Å². The van der Waals surface area contributed by atoms with Crippen LogP contribution in [0, 0.1) is 0 Å². The van der Waals surface area contributed by atoms with Crippen molar-refractivity contribution in [3.05, 3.63) is 46.6 Å². The smallest absolute Gasteiger partial charge is 0.0892 e. The molecule has 0 bridgehead atoms. The molecule has 0 aromatic heterocycles. The molecule has 2 atom stereocenters. The third kappa shape index (κ3) is 14.9. The number of epoxide rings is 1. The molecule has 2 unspecified atom stereocenters. The average Bonchev–Trinajstić information content (AvgIpc) is 3.34. The minimum absolute atomic E-state index is 0.127. The van der Waals surface area contributed by atoms with Gasteiger partial charge in [0.2, 0.25) is 0 Å². The van der Waals surface area contributed by atoms with Gasteiger partial charge in [-0.15, -0.1) is 0 Å². The van der Waals surface area contributed by atoms with Crippen LogP contribution in [-0.4, -0.2) is 22.7 Å². The lowest BCUT2D eigenvalue weighted by Crippen LogP contribution is -2.02. The number of unbranched alkanes of at least 4 members (excludes halogenated alkanes) is 1. The van der Waals surface area contributed by atoms with E-state index >= 15 is 0 Å². The molecule has 1 aliphatic rings. The Balaban J connectivity index is 2.12. The van der Waals surface area contributed by atoms with Crippen molar-refractivity contribution >= 4 is 11.8 Å². The summed E-state index contributed by atoms with van der Waals surface area (Å²) >= 11 is 2.05. The normalized spacial score (nSPS) is 20.5. The van der Waals surface area contributed by atoms with Crippen molar-refractivity contribution in [3.8, 4) is 0 Å². The number of rotatable bonds is 16. The number of thioether (sulfide) groups is 1. The third-order valence-corrected chi connectivity index (χ3v) is 7.32. The summed E-state index contributed by atoms with van der Waals surface area (Å²) in [5.74, 6) is 1.19. The van der Waals surface area contributed by atoms with Crippen molar-refractivity contribution in [2.24, 2.45) is 0 Å². The molecule has 0 aromatic carbocycles. The van der Waals surface area contributed by atoms with Crippen LogP contribution >= 0.6 is 11.8 Å². The minimum Gasteiger partial charge on any atom is -0.367 e. The Morgan fingerprint density at radius 3 is 2.03 bits per heavy atom. The van der Waals surface area contributed by atoms with Gasteiger partial charge in [0.25, 0.3) is 0 Å². The molecule has 178 valence electrons. The molecule has 1 saturated heterocycles. The standard InChI is InChI=1S/C29H50OS/c1-23(2)13-11-18-27(6)31-22-21-26(5)15-10-9-14-24(3)16-12-17-25(4)19-20-28-29(7,8)30-28/h13-15,17,27-28H,9-12,16,18-22H2,1-8H3/b24-14+,25-17+,26-15+/i13T.